The fraction of sp³-hybridized carbons (Fsp3) is 0.250. The second-order valence-electron chi connectivity index (χ2n) is 4.08. The predicted molar refractivity (Wildman–Crippen MR) is 73.6 cm³/mol. The lowest BCUT2D eigenvalue weighted by atomic mass is 10.2. The van der Waals surface area contributed by atoms with E-state index < -0.39 is 11.7 Å². The Labute approximate surface area is 117 Å². The summed E-state index contributed by atoms with van der Waals surface area (Å²) in [6.45, 7) is 0.495. The molecule has 0 aliphatic heterocycles. The summed E-state index contributed by atoms with van der Waals surface area (Å²) < 4.78 is 38.1. The normalized spacial score (nSPS) is 11.4. The van der Waals surface area contributed by atoms with Gasteiger partial charge >= 0.3 is 6.18 Å². The number of pyridine rings is 1. The van der Waals surface area contributed by atoms with Crippen molar-refractivity contribution in [3.05, 3.63) is 40.1 Å². The number of hydrogen-bond acceptors (Lipinski definition) is 5. The molecule has 0 radical (unpaired) electrons. The molecule has 0 saturated heterocycles. The maximum absolute atomic E-state index is 12.7. The molecule has 0 aromatic carbocycles. The first-order valence-corrected chi connectivity index (χ1v) is 6.74. The average molecular weight is 302 g/mol. The van der Waals surface area contributed by atoms with Crippen molar-refractivity contribution in [2.75, 3.05) is 17.3 Å². The largest absolute Gasteiger partial charge is 0.416 e. The van der Waals surface area contributed by atoms with Crippen molar-refractivity contribution < 1.29 is 13.2 Å². The van der Waals surface area contributed by atoms with E-state index in [9.17, 15) is 13.2 Å². The number of thiophene rings is 1. The van der Waals surface area contributed by atoms with Crippen molar-refractivity contribution >= 4 is 23.0 Å². The Morgan fingerprint density at radius 2 is 2.00 bits per heavy atom. The number of nitrogens with zero attached hydrogens (tertiary/aromatic N) is 1. The van der Waals surface area contributed by atoms with Crippen LogP contribution in [0.1, 0.15) is 11.1 Å². The van der Waals surface area contributed by atoms with Gasteiger partial charge in [0.15, 0.2) is 0 Å². The van der Waals surface area contributed by atoms with Gasteiger partial charge in [-0.25, -0.2) is 10.8 Å². The molecule has 0 fully saturated rings. The van der Waals surface area contributed by atoms with Gasteiger partial charge in [0.1, 0.15) is 11.6 Å². The standard InChI is InChI=1S/C12H13F3N4S/c13-12(14,15)9-5-10(18-11(6-9)19-16)17-3-1-8-2-4-20-7-8/h2,4-7H,1,3,16H2,(H2,17,18,19). The minimum atomic E-state index is -4.43. The van der Waals surface area contributed by atoms with E-state index in [0.29, 0.717) is 13.0 Å². The monoisotopic (exact) mass is 302 g/mol. The van der Waals surface area contributed by atoms with Gasteiger partial charge in [-0.1, -0.05) is 0 Å². The minimum Gasteiger partial charge on any atom is -0.370 e. The molecule has 0 aliphatic carbocycles. The lowest BCUT2D eigenvalue weighted by Crippen LogP contribution is -2.14. The third-order valence-electron chi connectivity index (χ3n) is 2.60. The molecule has 0 aliphatic rings. The van der Waals surface area contributed by atoms with Gasteiger partial charge in [0, 0.05) is 6.54 Å². The Bertz CT molecular complexity index is 554. The van der Waals surface area contributed by atoms with Crippen molar-refractivity contribution in [2.24, 2.45) is 5.84 Å². The number of hydrogen-bond donors (Lipinski definition) is 3. The summed E-state index contributed by atoms with van der Waals surface area (Å²) in [5, 5.41) is 6.81. The van der Waals surface area contributed by atoms with Gasteiger partial charge in [-0.3, -0.25) is 0 Å². The van der Waals surface area contributed by atoms with E-state index in [-0.39, 0.29) is 11.6 Å². The molecule has 8 heteroatoms. The van der Waals surface area contributed by atoms with E-state index >= 15 is 0 Å². The molecule has 0 spiro atoms. The van der Waals surface area contributed by atoms with E-state index in [2.05, 4.69) is 15.7 Å². The molecule has 0 amide bonds. The first kappa shape index (κ1) is 14.6. The highest BCUT2D eigenvalue weighted by Crippen LogP contribution is 2.31. The third-order valence-corrected chi connectivity index (χ3v) is 3.33. The zero-order valence-electron chi connectivity index (χ0n) is 10.4. The number of halogens is 3. The zero-order chi connectivity index (χ0) is 14.6. The third kappa shape index (κ3) is 3.84. The smallest absolute Gasteiger partial charge is 0.370 e. The van der Waals surface area contributed by atoms with Crippen molar-refractivity contribution in [2.45, 2.75) is 12.6 Å². The first-order valence-electron chi connectivity index (χ1n) is 5.80. The van der Waals surface area contributed by atoms with Crippen LogP contribution in [0.4, 0.5) is 24.8 Å². The van der Waals surface area contributed by atoms with Crippen molar-refractivity contribution in [1.82, 2.24) is 4.98 Å². The van der Waals surface area contributed by atoms with Crippen LogP contribution in [0.5, 0.6) is 0 Å². The Kier molecular flexibility index (Phi) is 4.46. The van der Waals surface area contributed by atoms with Gasteiger partial charge in [0.25, 0.3) is 0 Å². The van der Waals surface area contributed by atoms with Gasteiger partial charge in [-0.05, 0) is 40.9 Å². The molecular weight excluding hydrogens is 289 g/mol. The average Bonchev–Trinajstić information content (AvgIpc) is 2.90. The fourth-order valence-electron chi connectivity index (χ4n) is 1.63. The summed E-state index contributed by atoms with van der Waals surface area (Å²) in [4.78, 5) is 3.94. The quantitative estimate of drug-likeness (QED) is 0.586. The molecular formula is C12H13F3N4S. The van der Waals surface area contributed by atoms with Crippen LogP contribution in [0.25, 0.3) is 0 Å². The molecule has 108 valence electrons. The topological polar surface area (TPSA) is 63.0 Å². The molecule has 2 heterocycles. The van der Waals surface area contributed by atoms with E-state index in [1.54, 1.807) is 11.3 Å². The second-order valence-corrected chi connectivity index (χ2v) is 4.86. The number of alkyl halides is 3. The lowest BCUT2D eigenvalue weighted by Gasteiger charge is -2.12. The maximum atomic E-state index is 12.7. The molecule has 2 aromatic heterocycles. The second kappa shape index (κ2) is 6.10. The zero-order valence-corrected chi connectivity index (χ0v) is 11.2. The maximum Gasteiger partial charge on any atom is 0.416 e. The van der Waals surface area contributed by atoms with Crippen LogP contribution in [0.15, 0.2) is 29.0 Å². The van der Waals surface area contributed by atoms with Crippen molar-refractivity contribution in [1.29, 1.82) is 0 Å². The van der Waals surface area contributed by atoms with Gasteiger partial charge < -0.3 is 10.7 Å². The summed E-state index contributed by atoms with van der Waals surface area (Å²) in [7, 11) is 0. The van der Waals surface area contributed by atoms with Crippen LogP contribution in [-0.4, -0.2) is 11.5 Å². The molecule has 0 unspecified atom stereocenters. The van der Waals surface area contributed by atoms with E-state index in [0.717, 1.165) is 17.7 Å². The Morgan fingerprint density at radius 3 is 2.60 bits per heavy atom. The van der Waals surface area contributed by atoms with Gasteiger partial charge in [-0.15, -0.1) is 0 Å². The Morgan fingerprint density at radius 1 is 1.25 bits per heavy atom. The molecule has 0 saturated carbocycles. The molecule has 4 N–H and O–H groups in total. The van der Waals surface area contributed by atoms with Gasteiger partial charge in [0.05, 0.1) is 5.56 Å². The molecule has 2 aromatic rings. The number of nitrogen functional groups attached to an aromatic ring is 1. The first-order chi connectivity index (χ1) is 9.49. The number of rotatable bonds is 5. The van der Waals surface area contributed by atoms with Crippen LogP contribution >= 0.6 is 11.3 Å². The van der Waals surface area contributed by atoms with Crippen LogP contribution < -0.4 is 16.6 Å². The Hall–Kier alpha value is -1.80. The summed E-state index contributed by atoms with van der Waals surface area (Å²) >= 11 is 1.58. The number of nitrogens with one attached hydrogen (secondary N) is 2. The number of hydrazine groups is 1. The highest BCUT2D eigenvalue weighted by Gasteiger charge is 2.31. The van der Waals surface area contributed by atoms with Gasteiger partial charge in [-0.2, -0.15) is 24.5 Å². The molecule has 4 nitrogen and oxygen atoms in total. The number of aromatic nitrogens is 1. The van der Waals surface area contributed by atoms with E-state index in [1.165, 1.54) is 0 Å². The molecule has 0 bridgehead atoms. The summed E-state index contributed by atoms with van der Waals surface area (Å²) in [5.74, 6) is 5.24. The van der Waals surface area contributed by atoms with Crippen LogP contribution in [0, 0.1) is 0 Å². The predicted octanol–water partition coefficient (Wildman–Crippen LogP) is 3.10. The lowest BCUT2D eigenvalue weighted by molar-refractivity contribution is -0.137. The summed E-state index contributed by atoms with van der Waals surface area (Å²) in [6.07, 6.45) is -3.72. The van der Waals surface area contributed by atoms with Crippen LogP contribution in [-0.2, 0) is 12.6 Å². The molecule has 0 atom stereocenters. The van der Waals surface area contributed by atoms with Crippen molar-refractivity contribution in [3.8, 4) is 0 Å². The Balaban J connectivity index is 2.06. The highest BCUT2D eigenvalue weighted by atomic mass is 32.1. The fourth-order valence-corrected chi connectivity index (χ4v) is 2.33. The van der Waals surface area contributed by atoms with Gasteiger partial charge in [0.2, 0.25) is 0 Å². The molecule has 2 rings (SSSR count). The number of anilines is 2. The van der Waals surface area contributed by atoms with Crippen molar-refractivity contribution in [3.63, 3.8) is 0 Å². The van der Waals surface area contributed by atoms with Crippen LogP contribution in [0.2, 0.25) is 0 Å². The summed E-state index contributed by atoms with van der Waals surface area (Å²) in [5.41, 5.74) is 2.47. The van der Waals surface area contributed by atoms with E-state index in [1.807, 2.05) is 16.8 Å². The summed E-state index contributed by atoms with van der Waals surface area (Å²) in [6, 6.07) is 3.80. The SMILES string of the molecule is NNc1cc(C(F)(F)F)cc(NCCc2ccsc2)n1. The minimum absolute atomic E-state index is 0.0298. The van der Waals surface area contributed by atoms with Crippen LogP contribution in [0.3, 0.4) is 0 Å². The van der Waals surface area contributed by atoms with E-state index in [4.69, 9.17) is 5.84 Å². The highest BCUT2D eigenvalue weighted by molar-refractivity contribution is 7.07. The molecule has 20 heavy (non-hydrogen) atoms. The number of nitrogens with two attached hydrogens (primary N) is 1.